The van der Waals surface area contributed by atoms with E-state index in [0.717, 1.165) is 5.88 Å². The molecule has 0 aromatic rings. The molecule has 0 amide bonds. The number of carbonyl (C=O) groups excluding carboxylic acids is 1. The van der Waals surface area contributed by atoms with Gasteiger partial charge >= 0.3 is 5.97 Å². The van der Waals surface area contributed by atoms with Gasteiger partial charge in [0.05, 0.1) is 12.5 Å². The van der Waals surface area contributed by atoms with Crippen LogP contribution in [0.3, 0.4) is 0 Å². The molecule has 3 unspecified atom stereocenters. The number of nitrogens with one attached hydrogen (secondary N) is 1. The van der Waals surface area contributed by atoms with Gasteiger partial charge in [0.2, 0.25) is 0 Å². The summed E-state index contributed by atoms with van der Waals surface area (Å²) in [6.07, 6.45) is 3.80. The molecule has 0 bridgehead atoms. The minimum Gasteiger partial charge on any atom is -0.465 e. The lowest BCUT2D eigenvalue weighted by Gasteiger charge is -2.39. The Labute approximate surface area is 115 Å². The number of hydrazine groups is 1. The summed E-state index contributed by atoms with van der Waals surface area (Å²) in [5.41, 5.74) is 3.44. The zero-order valence-corrected chi connectivity index (χ0v) is 12.8. The smallest absolute Gasteiger partial charge is 0.318 e. The van der Waals surface area contributed by atoms with Crippen molar-refractivity contribution >= 4 is 17.7 Å². The van der Waals surface area contributed by atoms with Gasteiger partial charge in [-0.2, -0.15) is 0 Å². The first-order valence-corrected chi connectivity index (χ1v) is 7.91. The average Bonchev–Trinajstić information content (AvgIpc) is 2.33. The molecule has 3 atom stereocenters. The molecular formula is C13H26N2O2S. The third-order valence-corrected chi connectivity index (χ3v) is 4.38. The zero-order valence-electron chi connectivity index (χ0n) is 11.9. The van der Waals surface area contributed by atoms with Gasteiger partial charge < -0.3 is 4.74 Å². The second-order valence-corrected chi connectivity index (χ2v) is 6.23. The van der Waals surface area contributed by atoms with Gasteiger partial charge in [-0.3, -0.25) is 4.79 Å². The highest BCUT2D eigenvalue weighted by molar-refractivity contribution is 8.00. The number of thioether (sulfide) groups is 1. The van der Waals surface area contributed by atoms with Crippen LogP contribution in [0.4, 0.5) is 0 Å². The Kier molecular flexibility index (Phi) is 7.04. The first-order valence-electron chi connectivity index (χ1n) is 6.86. The van der Waals surface area contributed by atoms with Crippen LogP contribution in [0.5, 0.6) is 0 Å². The summed E-state index contributed by atoms with van der Waals surface area (Å²) in [6.45, 7) is 8.69. The molecule has 0 aromatic heterocycles. The van der Waals surface area contributed by atoms with Crippen LogP contribution in [0.15, 0.2) is 0 Å². The van der Waals surface area contributed by atoms with E-state index in [1.54, 1.807) is 11.8 Å². The number of nitrogens with zero attached hydrogens (tertiary/aromatic N) is 1. The molecule has 1 heterocycles. The summed E-state index contributed by atoms with van der Waals surface area (Å²) in [7, 11) is 0. The van der Waals surface area contributed by atoms with Crippen LogP contribution < -0.4 is 5.43 Å². The molecule has 1 fully saturated rings. The molecule has 1 aliphatic heterocycles. The van der Waals surface area contributed by atoms with Crippen molar-refractivity contribution in [2.75, 3.05) is 12.5 Å². The van der Waals surface area contributed by atoms with E-state index in [4.69, 9.17) is 4.74 Å². The topological polar surface area (TPSA) is 41.6 Å². The summed E-state index contributed by atoms with van der Waals surface area (Å²) >= 11 is 1.59. The maximum absolute atomic E-state index is 11.5. The molecule has 5 heteroatoms. The highest BCUT2D eigenvalue weighted by atomic mass is 32.2. The average molecular weight is 274 g/mol. The standard InChI is InChI=1S/C13H26N2O2S/c1-5-17-13(16)12(4)18-9-14-15-10(2)7-6-8-11(15)3/h10-12,14H,5-9H2,1-4H3. The Balaban J connectivity index is 2.25. The Hall–Kier alpha value is -0.260. The molecule has 1 N–H and O–H groups in total. The van der Waals surface area contributed by atoms with E-state index in [0.29, 0.717) is 18.7 Å². The SMILES string of the molecule is CCOC(=O)C(C)SCNN1C(C)CCCC1C. The van der Waals surface area contributed by atoms with Crippen LogP contribution >= 0.6 is 11.8 Å². The monoisotopic (exact) mass is 274 g/mol. The number of piperidine rings is 1. The molecule has 0 radical (unpaired) electrons. The van der Waals surface area contributed by atoms with Crippen molar-refractivity contribution in [2.24, 2.45) is 0 Å². The summed E-state index contributed by atoms with van der Waals surface area (Å²) in [4.78, 5) is 11.5. The lowest BCUT2D eigenvalue weighted by Crippen LogP contribution is -2.52. The minimum absolute atomic E-state index is 0.104. The predicted octanol–water partition coefficient (Wildman–Crippen LogP) is 2.40. The number of esters is 1. The summed E-state index contributed by atoms with van der Waals surface area (Å²) in [5, 5.41) is 2.22. The second kappa shape index (κ2) is 8.02. The summed E-state index contributed by atoms with van der Waals surface area (Å²) < 4.78 is 4.99. The van der Waals surface area contributed by atoms with Crippen LogP contribution in [-0.4, -0.2) is 40.8 Å². The molecule has 1 saturated heterocycles. The van der Waals surface area contributed by atoms with Gasteiger partial charge in [0, 0.05) is 12.1 Å². The van der Waals surface area contributed by atoms with Gasteiger partial charge in [-0.1, -0.05) is 6.42 Å². The van der Waals surface area contributed by atoms with Crippen LogP contribution in [0.1, 0.15) is 47.0 Å². The van der Waals surface area contributed by atoms with Crippen molar-refractivity contribution in [3.8, 4) is 0 Å². The van der Waals surface area contributed by atoms with Crippen LogP contribution in [0.25, 0.3) is 0 Å². The molecule has 1 rings (SSSR count). The Morgan fingerprint density at radius 3 is 2.61 bits per heavy atom. The van der Waals surface area contributed by atoms with Crippen LogP contribution in [0, 0.1) is 0 Å². The molecule has 106 valence electrons. The van der Waals surface area contributed by atoms with Crippen LogP contribution in [0.2, 0.25) is 0 Å². The van der Waals surface area contributed by atoms with E-state index >= 15 is 0 Å². The zero-order chi connectivity index (χ0) is 13.5. The van der Waals surface area contributed by atoms with E-state index < -0.39 is 0 Å². The van der Waals surface area contributed by atoms with Crippen molar-refractivity contribution in [3.63, 3.8) is 0 Å². The van der Waals surface area contributed by atoms with Crippen molar-refractivity contribution in [1.82, 2.24) is 10.4 Å². The van der Waals surface area contributed by atoms with Crippen molar-refractivity contribution in [2.45, 2.75) is 64.3 Å². The van der Waals surface area contributed by atoms with E-state index in [9.17, 15) is 4.79 Å². The van der Waals surface area contributed by atoms with Gasteiger partial charge in [0.25, 0.3) is 0 Å². The van der Waals surface area contributed by atoms with E-state index in [1.165, 1.54) is 19.3 Å². The number of ether oxygens (including phenoxy) is 1. The number of rotatable bonds is 6. The highest BCUT2D eigenvalue weighted by Crippen LogP contribution is 2.21. The van der Waals surface area contributed by atoms with E-state index in [-0.39, 0.29) is 11.2 Å². The molecule has 0 aromatic carbocycles. The van der Waals surface area contributed by atoms with Gasteiger partial charge in [0.15, 0.2) is 0 Å². The fraction of sp³-hybridized carbons (Fsp3) is 0.923. The third kappa shape index (κ3) is 4.78. The molecule has 4 nitrogen and oxygen atoms in total. The molecule has 0 aliphatic carbocycles. The second-order valence-electron chi connectivity index (χ2n) is 4.90. The first-order chi connectivity index (χ1) is 8.56. The molecule has 1 aliphatic rings. The predicted molar refractivity (Wildman–Crippen MR) is 76.3 cm³/mol. The molecule has 0 saturated carbocycles. The van der Waals surface area contributed by atoms with Gasteiger partial charge in [0.1, 0.15) is 5.25 Å². The maximum atomic E-state index is 11.5. The van der Waals surface area contributed by atoms with E-state index in [2.05, 4.69) is 24.3 Å². The molecular weight excluding hydrogens is 248 g/mol. The van der Waals surface area contributed by atoms with Crippen molar-refractivity contribution in [3.05, 3.63) is 0 Å². The number of hydrogen-bond donors (Lipinski definition) is 1. The normalized spacial score (nSPS) is 26.9. The lowest BCUT2D eigenvalue weighted by atomic mass is 10.00. The van der Waals surface area contributed by atoms with Crippen LogP contribution in [-0.2, 0) is 9.53 Å². The third-order valence-electron chi connectivity index (χ3n) is 3.39. The van der Waals surface area contributed by atoms with E-state index in [1.807, 2.05) is 13.8 Å². The fourth-order valence-electron chi connectivity index (χ4n) is 2.30. The Morgan fingerprint density at radius 1 is 1.44 bits per heavy atom. The quantitative estimate of drug-likeness (QED) is 0.595. The first kappa shape index (κ1) is 15.8. The van der Waals surface area contributed by atoms with Gasteiger partial charge in [-0.05, 0) is 40.5 Å². The molecule has 18 heavy (non-hydrogen) atoms. The number of carbonyl (C=O) groups is 1. The molecule has 0 spiro atoms. The summed E-state index contributed by atoms with van der Waals surface area (Å²) in [6, 6.07) is 1.15. The summed E-state index contributed by atoms with van der Waals surface area (Å²) in [5.74, 6) is 0.637. The van der Waals surface area contributed by atoms with Crippen molar-refractivity contribution in [1.29, 1.82) is 0 Å². The van der Waals surface area contributed by atoms with Gasteiger partial charge in [-0.25, -0.2) is 10.4 Å². The fourth-order valence-corrected chi connectivity index (χ4v) is 2.98. The Morgan fingerprint density at radius 2 is 2.06 bits per heavy atom. The maximum Gasteiger partial charge on any atom is 0.318 e. The highest BCUT2D eigenvalue weighted by Gasteiger charge is 2.24. The van der Waals surface area contributed by atoms with Gasteiger partial charge in [-0.15, -0.1) is 11.8 Å². The lowest BCUT2D eigenvalue weighted by molar-refractivity contribution is -0.142. The minimum atomic E-state index is -0.121. The largest absolute Gasteiger partial charge is 0.465 e. The Bertz CT molecular complexity index is 253. The number of hydrogen-bond acceptors (Lipinski definition) is 5. The van der Waals surface area contributed by atoms with Crippen molar-refractivity contribution < 1.29 is 9.53 Å².